The molecule has 0 heterocycles. The van der Waals surface area contributed by atoms with Crippen molar-refractivity contribution in [3.8, 4) is 0 Å². The topological polar surface area (TPSA) is 24.5 Å². The zero-order valence-electron chi connectivity index (χ0n) is 13.5. The van der Waals surface area contributed by atoms with Crippen LogP contribution in [0.15, 0.2) is 24.3 Å². The van der Waals surface area contributed by atoms with Gasteiger partial charge in [0.1, 0.15) is 0 Å². The number of benzene rings is 1. The van der Waals surface area contributed by atoms with E-state index in [-0.39, 0.29) is 0 Å². The Balaban J connectivity index is 2.10. The minimum Gasteiger partial charge on any atom is -0.379 e. The smallest absolute Gasteiger partial charge is 0.0593 e. The Kier molecular flexibility index (Phi) is 8.51. The second kappa shape index (κ2) is 9.92. The molecule has 0 radical (unpaired) electrons. The van der Waals surface area contributed by atoms with Crippen molar-refractivity contribution in [2.24, 2.45) is 5.92 Å². The van der Waals surface area contributed by atoms with Crippen LogP contribution in [0.4, 0.5) is 0 Å². The molecule has 0 saturated carbocycles. The van der Waals surface area contributed by atoms with Crippen LogP contribution in [0.5, 0.6) is 0 Å². The molecule has 0 spiro atoms. The van der Waals surface area contributed by atoms with Crippen LogP contribution in [0.25, 0.3) is 0 Å². The van der Waals surface area contributed by atoms with Gasteiger partial charge >= 0.3 is 0 Å². The molecule has 20 heavy (non-hydrogen) atoms. The predicted octanol–water partition coefficient (Wildman–Crippen LogP) is 2.55. The van der Waals surface area contributed by atoms with Gasteiger partial charge in [-0.2, -0.15) is 0 Å². The van der Waals surface area contributed by atoms with Crippen LogP contribution in [-0.2, 0) is 17.7 Å². The highest BCUT2D eigenvalue weighted by atomic mass is 16.5. The summed E-state index contributed by atoms with van der Waals surface area (Å²) in [5.74, 6) is 0.721. The van der Waals surface area contributed by atoms with Crippen LogP contribution in [0.1, 0.15) is 25.0 Å². The van der Waals surface area contributed by atoms with Gasteiger partial charge in [-0.1, -0.05) is 38.1 Å². The first kappa shape index (κ1) is 17.2. The summed E-state index contributed by atoms with van der Waals surface area (Å²) in [4.78, 5) is 2.13. The number of nitrogens with zero attached hydrogens (tertiary/aromatic N) is 1. The van der Waals surface area contributed by atoms with E-state index in [0.29, 0.717) is 0 Å². The lowest BCUT2D eigenvalue weighted by Crippen LogP contribution is -2.23. The van der Waals surface area contributed by atoms with Crippen molar-refractivity contribution in [1.29, 1.82) is 0 Å². The summed E-state index contributed by atoms with van der Waals surface area (Å²) < 4.78 is 5.54. The van der Waals surface area contributed by atoms with E-state index >= 15 is 0 Å². The lowest BCUT2D eigenvalue weighted by molar-refractivity contribution is 0.119. The Labute approximate surface area is 124 Å². The van der Waals surface area contributed by atoms with E-state index in [1.165, 1.54) is 11.1 Å². The average Bonchev–Trinajstić information content (AvgIpc) is 2.38. The van der Waals surface area contributed by atoms with Gasteiger partial charge in [0.05, 0.1) is 13.2 Å². The monoisotopic (exact) mass is 278 g/mol. The predicted molar refractivity (Wildman–Crippen MR) is 86.1 cm³/mol. The summed E-state index contributed by atoms with van der Waals surface area (Å²) in [7, 11) is 4.12. The Morgan fingerprint density at radius 3 is 2.30 bits per heavy atom. The summed E-state index contributed by atoms with van der Waals surface area (Å²) in [6.45, 7) is 8.90. The minimum absolute atomic E-state index is 0.721. The van der Waals surface area contributed by atoms with Crippen molar-refractivity contribution < 1.29 is 4.74 Å². The third-order valence-electron chi connectivity index (χ3n) is 3.10. The highest BCUT2D eigenvalue weighted by Crippen LogP contribution is 2.09. The summed E-state index contributed by atoms with van der Waals surface area (Å²) in [5.41, 5.74) is 2.77. The zero-order valence-corrected chi connectivity index (χ0v) is 13.5. The lowest BCUT2D eigenvalue weighted by atomic mass is 10.0. The maximum Gasteiger partial charge on any atom is 0.0593 e. The van der Waals surface area contributed by atoms with Gasteiger partial charge in [-0.25, -0.2) is 0 Å². The minimum atomic E-state index is 0.721. The third kappa shape index (κ3) is 8.31. The Hall–Kier alpha value is -0.900. The number of nitrogens with one attached hydrogen (secondary N) is 1. The molecule has 0 amide bonds. The Morgan fingerprint density at radius 1 is 1.05 bits per heavy atom. The fraction of sp³-hybridized carbons (Fsp3) is 0.647. The third-order valence-corrected chi connectivity index (χ3v) is 3.10. The molecule has 0 bridgehead atoms. The molecule has 0 saturated heterocycles. The van der Waals surface area contributed by atoms with Crippen LogP contribution in [-0.4, -0.2) is 45.3 Å². The largest absolute Gasteiger partial charge is 0.379 e. The quantitative estimate of drug-likeness (QED) is 0.666. The molecular weight excluding hydrogens is 248 g/mol. The summed E-state index contributed by atoms with van der Waals surface area (Å²) in [6.07, 6.45) is 1.16. The van der Waals surface area contributed by atoms with Crippen molar-refractivity contribution in [1.82, 2.24) is 10.2 Å². The highest BCUT2D eigenvalue weighted by molar-refractivity contribution is 5.22. The van der Waals surface area contributed by atoms with Crippen LogP contribution in [0, 0.1) is 5.92 Å². The lowest BCUT2D eigenvalue weighted by Gasteiger charge is -2.10. The van der Waals surface area contributed by atoms with Gasteiger partial charge in [-0.3, -0.25) is 0 Å². The molecule has 0 aliphatic carbocycles. The molecule has 114 valence electrons. The number of rotatable bonds is 10. The van der Waals surface area contributed by atoms with Crippen molar-refractivity contribution >= 4 is 0 Å². The van der Waals surface area contributed by atoms with E-state index in [1.54, 1.807) is 0 Å². The molecular formula is C17H30N2O. The fourth-order valence-electron chi connectivity index (χ4n) is 1.99. The van der Waals surface area contributed by atoms with Crippen LogP contribution in [0.3, 0.4) is 0 Å². The normalized spacial score (nSPS) is 11.5. The molecule has 1 N–H and O–H groups in total. The van der Waals surface area contributed by atoms with E-state index in [9.17, 15) is 0 Å². The van der Waals surface area contributed by atoms with Gasteiger partial charge < -0.3 is 15.0 Å². The molecule has 3 nitrogen and oxygen atoms in total. The molecule has 1 aromatic rings. The van der Waals surface area contributed by atoms with Crippen molar-refractivity contribution in [3.63, 3.8) is 0 Å². The summed E-state index contributed by atoms with van der Waals surface area (Å²) in [5, 5.41) is 3.41. The van der Waals surface area contributed by atoms with Gasteiger partial charge in [0, 0.05) is 19.6 Å². The molecule has 1 aromatic carbocycles. The molecule has 0 atom stereocenters. The second-order valence-corrected chi connectivity index (χ2v) is 6.01. The first-order chi connectivity index (χ1) is 9.58. The molecule has 3 heteroatoms. The maximum atomic E-state index is 5.54. The van der Waals surface area contributed by atoms with Gasteiger partial charge in [-0.15, -0.1) is 0 Å². The van der Waals surface area contributed by atoms with Crippen molar-refractivity contribution in [2.45, 2.75) is 26.8 Å². The molecule has 0 fully saturated rings. The first-order valence-corrected chi connectivity index (χ1v) is 7.59. The van der Waals surface area contributed by atoms with Crippen LogP contribution in [0.2, 0.25) is 0 Å². The summed E-state index contributed by atoms with van der Waals surface area (Å²) >= 11 is 0. The Morgan fingerprint density at radius 2 is 1.70 bits per heavy atom. The molecule has 0 aliphatic rings. The molecule has 0 unspecified atom stereocenters. The molecule has 1 rings (SSSR count). The van der Waals surface area contributed by atoms with E-state index in [4.69, 9.17) is 4.74 Å². The van der Waals surface area contributed by atoms with Crippen LogP contribution >= 0.6 is 0 Å². The Bertz CT molecular complexity index is 347. The highest BCUT2D eigenvalue weighted by Gasteiger charge is 1.98. The van der Waals surface area contributed by atoms with Gasteiger partial charge in [-0.05, 0) is 37.6 Å². The number of likely N-dealkylation sites (N-methyl/N-ethyl adjacent to an activating group) is 1. The number of hydrogen-bond donors (Lipinski definition) is 1. The number of hydrogen-bond acceptors (Lipinski definition) is 3. The fourth-order valence-corrected chi connectivity index (χ4v) is 1.99. The van der Waals surface area contributed by atoms with E-state index in [0.717, 1.165) is 45.2 Å². The SMILES string of the molecule is CC(C)Cc1ccc(CNCCOCCN(C)C)cc1. The van der Waals surface area contributed by atoms with Crippen LogP contribution < -0.4 is 5.32 Å². The van der Waals surface area contributed by atoms with Crippen molar-refractivity contribution in [2.75, 3.05) is 40.4 Å². The average molecular weight is 278 g/mol. The zero-order chi connectivity index (χ0) is 14.8. The van der Waals surface area contributed by atoms with E-state index < -0.39 is 0 Å². The number of ether oxygens (including phenoxy) is 1. The van der Waals surface area contributed by atoms with Gasteiger partial charge in [0.15, 0.2) is 0 Å². The van der Waals surface area contributed by atoms with Gasteiger partial charge in [0.25, 0.3) is 0 Å². The molecule has 0 aromatic heterocycles. The van der Waals surface area contributed by atoms with E-state index in [2.05, 4.69) is 62.4 Å². The first-order valence-electron chi connectivity index (χ1n) is 7.59. The van der Waals surface area contributed by atoms with E-state index in [1.807, 2.05) is 0 Å². The van der Waals surface area contributed by atoms with Gasteiger partial charge in [0.2, 0.25) is 0 Å². The standard InChI is InChI=1S/C17H30N2O/c1-15(2)13-16-5-7-17(8-6-16)14-18-9-11-20-12-10-19(3)4/h5-8,15,18H,9-14H2,1-4H3. The summed E-state index contributed by atoms with van der Waals surface area (Å²) in [6, 6.07) is 8.92. The maximum absolute atomic E-state index is 5.54. The second-order valence-electron chi connectivity index (χ2n) is 6.01. The van der Waals surface area contributed by atoms with Crippen molar-refractivity contribution in [3.05, 3.63) is 35.4 Å². The molecule has 0 aliphatic heterocycles.